The van der Waals surface area contributed by atoms with Crippen molar-refractivity contribution in [2.45, 2.75) is 12.6 Å². The predicted octanol–water partition coefficient (Wildman–Crippen LogP) is 0.771. The summed E-state index contributed by atoms with van der Waals surface area (Å²) in [4.78, 5) is 44.3. The highest BCUT2D eigenvalue weighted by atomic mass is 16.9. The van der Waals surface area contributed by atoms with E-state index in [1.807, 2.05) is 0 Å². The molecule has 0 aromatic carbocycles. The van der Waals surface area contributed by atoms with Gasteiger partial charge in [-0.15, -0.1) is 0 Å². The second kappa shape index (κ2) is 9.90. The first-order valence-corrected chi connectivity index (χ1v) is 5.36. The normalized spacial score (nSPS) is 9.55. The van der Waals surface area contributed by atoms with Crippen molar-refractivity contribution in [1.29, 1.82) is 0 Å². The van der Waals surface area contributed by atoms with Crippen molar-refractivity contribution in [3.8, 4) is 0 Å². The molecule has 22 heavy (non-hydrogen) atoms. The SMILES string of the molecule is COC(=O)OC(OC(=O)OC)C(OC(=O)OC)OC(=O)OC. The van der Waals surface area contributed by atoms with Crippen LogP contribution in [0.4, 0.5) is 19.2 Å². The van der Waals surface area contributed by atoms with Gasteiger partial charge < -0.3 is 37.9 Å². The van der Waals surface area contributed by atoms with E-state index in [0.29, 0.717) is 0 Å². The highest BCUT2D eigenvalue weighted by molar-refractivity contribution is 5.64. The molecule has 0 amide bonds. The molecule has 0 bridgehead atoms. The van der Waals surface area contributed by atoms with Crippen LogP contribution in [0.2, 0.25) is 0 Å². The van der Waals surface area contributed by atoms with E-state index in [-0.39, 0.29) is 0 Å². The van der Waals surface area contributed by atoms with Gasteiger partial charge in [0.2, 0.25) is 0 Å². The third kappa shape index (κ3) is 7.02. The molecule has 12 heteroatoms. The molecule has 0 rings (SSSR count). The molecular weight excluding hydrogens is 312 g/mol. The summed E-state index contributed by atoms with van der Waals surface area (Å²) in [5.74, 6) is 0. The fourth-order valence-electron chi connectivity index (χ4n) is 0.842. The Morgan fingerprint density at radius 3 is 0.818 bits per heavy atom. The highest BCUT2D eigenvalue weighted by Gasteiger charge is 2.37. The predicted molar refractivity (Wildman–Crippen MR) is 61.5 cm³/mol. The lowest BCUT2D eigenvalue weighted by atomic mass is 10.6. The summed E-state index contributed by atoms with van der Waals surface area (Å²) in [7, 11) is 3.81. The standard InChI is InChI=1S/C10H14O12/c1-15-7(11)19-5(20-8(12)16-2)6(21-9(13)17-3)22-10(14)18-4/h5-6H,1-4H3. The Balaban J connectivity index is 5.18. The zero-order valence-electron chi connectivity index (χ0n) is 12.1. The van der Waals surface area contributed by atoms with Crippen molar-refractivity contribution in [3.05, 3.63) is 0 Å². The molecule has 0 N–H and O–H groups in total. The van der Waals surface area contributed by atoms with Gasteiger partial charge in [0.25, 0.3) is 0 Å². The number of hydrogen-bond acceptors (Lipinski definition) is 12. The minimum Gasteiger partial charge on any atom is -0.438 e. The smallest absolute Gasteiger partial charge is 0.438 e. The minimum atomic E-state index is -2.04. The number of carbonyl (C=O) groups excluding carboxylic acids is 4. The van der Waals surface area contributed by atoms with E-state index < -0.39 is 37.2 Å². The van der Waals surface area contributed by atoms with Crippen molar-refractivity contribution in [1.82, 2.24) is 0 Å². The van der Waals surface area contributed by atoms with Crippen LogP contribution in [-0.2, 0) is 37.9 Å². The van der Waals surface area contributed by atoms with Crippen LogP contribution in [0.15, 0.2) is 0 Å². The van der Waals surface area contributed by atoms with E-state index in [2.05, 4.69) is 37.9 Å². The topological polar surface area (TPSA) is 142 Å². The maximum atomic E-state index is 11.1. The van der Waals surface area contributed by atoms with Crippen molar-refractivity contribution in [3.63, 3.8) is 0 Å². The van der Waals surface area contributed by atoms with Crippen LogP contribution in [-0.4, -0.2) is 65.6 Å². The average Bonchev–Trinajstić information content (AvgIpc) is 2.52. The monoisotopic (exact) mass is 326 g/mol. The Bertz CT molecular complexity index is 331. The first-order chi connectivity index (χ1) is 10.4. The van der Waals surface area contributed by atoms with Gasteiger partial charge in [-0.2, -0.15) is 0 Å². The second-order valence-electron chi connectivity index (χ2n) is 3.02. The minimum absolute atomic E-state index is 0.953. The molecule has 0 heterocycles. The van der Waals surface area contributed by atoms with Gasteiger partial charge >= 0.3 is 37.2 Å². The Labute approximate surface area is 124 Å². The quantitative estimate of drug-likeness (QED) is 0.400. The maximum Gasteiger partial charge on any atom is 0.511 e. The summed E-state index contributed by atoms with van der Waals surface area (Å²) < 4.78 is 34.6. The molecule has 0 radical (unpaired) electrons. The van der Waals surface area contributed by atoms with Crippen molar-refractivity contribution < 1.29 is 57.1 Å². The number of hydrogen-bond donors (Lipinski definition) is 0. The number of methoxy groups -OCH3 is 4. The van der Waals surface area contributed by atoms with Gasteiger partial charge in [0.1, 0.15) is 0 Å². The maximum absolute atomic E-state index is 11.1. The highest BCUT2D eigenvalue weighted by Crippen LogP contribution is 2.12. The first kappa shape index (κ1) is 19.1. The van der Waals surface area contributed by atoms with E-state index in [1.165, 1.54) is 0 Å². The molecule has 0 atom stereocenters. The van der Waals surface area contributed by atoms with Crippen LogP contribution < -0.4 is 0 Å². The van der Waals surface area contributed by atoms with Crippen LogP contribution in [0.3, 0.4) is 0 Å². The lowest BCUT2D eigenvalue weighted by Gasteiger charge is -2.23. The first-order valence-electron chi connectivity index (χ1n) is 5.36. The van der Waals surface area contributed by atoms with E-state index in [1.54, 1.807) is 0 Å². The molecular formula is C10H14O12. The number of carbonyl (C=O) groups is 4. The molecule has 126 valence electrons. The fraction of sp³-hybridized carbons (Fsp3) is 0.600. The van der Waals surface area contributed by atoms with Crippen molar-refractivity contribution >= 4 is 24.6 Å². The number of ether oxygens (including phenoxy) is 8. The summed E-state index contributed by atoms with van der Waals surface area (Å²) in [6.07, 6.45) is -9.42. The van der Waals surface area contributed by atoms with Gasteiger partial charge in [-0.1, -0.05) is 0 Å². The van der Waals surface area contributed by atoms with E-state index >= 15 is 0 Å². The lowest BCUT2D eigenvalue weighted by Crippen LogP contribution is -2.41. The molecule has 0 aromatic heterocycles. The lowest BCUT2D eigenvalue weighted by molar-refractivity contribution is -0.228. The molecule has 12 nitrogen and oxygen atoms in total. The Kier molecular flexibility index (Phi) is 8.59. The third-order valence-electron chi connectivity index (χ3n) is 1.74. The molecule has 0 unspecified atom stereocenters. The summed E-state index contributed by atoms with van der Waals surface area (Å²) in [5.41, 5.74) is 0. The molecule has 0 saturated carbocycles. The number of rotatable bonds is 5. The van der Waals surface area contributed by atoms with Crippen LogP contribution in [0.1, 0.15) is 0 Å². The van der Waals surface area contributed by atoms with Crippen molar-refractivity contribution in [2.75, 3.05) is 28.4 Å². The molecule has 0 aliphatic heterocycles. The van der Waals surface area contributed by atoms with Crippen LogP contribution >= 0.6 is 0 Å². The largest absolute Gasteiger partial charge is 0.511 e. The van der Waals surface area contributed by atoms with E-state index in [9.17, 15) is 19.2 Å². The molecule has 0 saturated heterocycles. The van der Waals surface area contributed by atoms with Crippen LogP contribution in [0.25, 0.3) is 0 Å². The van der Waals surface area contributed by atoms with Crippen LogP contribution in [0, 0.1) is 0 Å². The fourth-order valence-corrected chi connectivity index (χ4v) is 0.842. The molecule has 0 aliphatic carbocycles. The zero-order chi connectivity index (χ0) is 17.1. The second-order valence-corrected chi connectivity index (χ2v) is 3.02. The molecule has 0 aromatic rings. The molecule has 0 fully saturated rings. The summed E-state index contributed by atoms with van der Waals surface area (Å²) in [6, 6.07) is 0. The molecule has 0 spiro atoms. The Morgan fingerprint density at radius 2 is 0.682 bits per heavy atom. The van der Waals surface area contributed by atoms with Gasteiger partial charge in [0.15, 0.2) is 0 Å². The average molecular weight is 326 g/mol. The summed E-state index contributed by atoms with van der Waals surface area (Å²) in [6.45, 7) is 0. The van der Waals surface area contributed by atoms with Crippen LogP contribution in [0.5, 0.6) is 0 Å². The van der Waals surface area contributed by atoms with Gasteiger partial charge in [0, 0.05) is 0 Å². The van der Waals surface area contributed by atoms with Gasteiger partial charge in [0.05, 0.1) is 28.4 Å². The van der Waals surface area contributed by atoms with Gasteiger partial charge in [-0.25, -0.2) is 19.2 Å². The van der Waals surface area contributed by atoms with Gasteiger partial charge in [-0.3, -0.25) is 0 Å². The molecule has 0 aliphatic rings. The Hall–Kier alpha value is -2.92. The Morgan fingerprint density at radius 1 is 0.500 bits per heavy atom. The zero-order valence-corrected chi connectivity index (χ0v) is 12.1. The van der Waals surface area contributed by atoms with Gasteiger partial charge in [-0.05, 0) is 0 Å². The third-order valence-corrected chi connectivity index (χ3v) is 1.74. The van der Waals surface area contributed by atoms with E-state index in [4.69, 9.17) is 0 Å². The summed E-state index contributed by atoms with van der Waals surface area (Å²) in [5, 5.41) is 0. The summed E-state index contributed by atoms with van der Waals surface area (Å²) >= 11 is 0. The van der Waals surface area contributed by atoms with E-state index in [0.717, 1.165) is 28.4 Å². The van der Waals surface area contributed by atoms with Crippen molar-refractivity contribution in [2.24, 2.45) is 0 Å².